The van der Waals surface area contributed by atoms with Gasteiger partial charge in [0.25, 0.3) is 0 Å². The Bertz CT molecular complexity index is 297. The van der Waals surface area contributed by atoms with Crippen LogP contribution in [0.25, 0.3) is 0 Å². The minimum absolute atomic E-state index is 0.0263. The van der Waals surface area contributed by atoms with Crippen molar-refractivity contribution in [1.82, 2.24) is 15.1 Å². The summed E-state index contributed by atoms with van der Waals surface area (Å²) in [5, 5.41) is 2.83. The highest BCUT2D eigenvalue weighted by Crippen LogP contribution is 2.11. The van der Waals surface area contributed by atoms with E-state index in [1.165, 1.54) is 17.7 Å². The Morgan fingerprint density at radius 1 is 1.16 bits per heavy atom. The van der Waals surface area contributed by atoms with Crippen molar-refractivity contribution in [1.29, 1.82) is 0 Å². The summed E-state index contributed by atoms with van der Waals surface area (Å²) in [5.74, 6) is 0.343. The van der Waals surface area contributed by atoms with Crippen molar-refractivity contribution in [3.8, 4) is 0 Å². The molecule has 0 aliphatic carbocycles. The van der Waals surface area contributed by atoms with E-state index in [0.29, 0.717) is 12.5 Å². The average molecular weight is 269 g/mol. The highest BCUT2D eigenvalue weighted by atomic mass is 16.2. The number of nitrogens with one attached hydrogen (secondary N) is 1. The summed E-state index contributed by atoms with van der Waals surface area (Å²) < 4.78 is 0. The number of nitrogens with zero attached hydrogens (tertiary/aromatic N) is 2. The van der Waals surface area contributed by atoms with E-state index < -0.39 is 0 Å². The number of amides is 3. The van der Waals surface area contributed by atoms with E-state index in [4.69, 9.17) is 0 Å². The molecule has 0 saturated carbocycles. The standard InChI is InChI=1S/C14H27N3O2/c1-12(2)10-15-13(18)11-16(3)14(19)17-8-6-4-5-7-9-17/h12H,4-11H2,1-3H3,(H,15,18). The average Bonchev–Trinajstić information content (AvgIpc) is 2.64. The first-order chi connectivity index (χ1) is 9.00. The van der Waals surface area contributed by atoms with Crippen LogP contribution in [0.5, 0.6) is 0 Å². The van der Waals surface area contributed by atoms with Crippen molar-refractivity contribution >= 4 is 11.9 Å². The maximum absolute atomic E-state index is 12.2. The summed E-state index contributed by atoms with van der Waals surface area (Å²) in [7, 11) is 1.70. The summed E-state index contributed by atoms with van der Waals surface area (Å²) in [4.78, 5) is 27.3. The van der Waals surface area contributed by atoms with Gasteiger partial charge in [-0.1, -0.05) is 26.7 Å². The summed E-state index contributed by atoms with van der Waals surface area (Å²) >= 11 is 0. The summed E-state index contributed by atoms with van der Waals surface area (Å²) in [6.45, 7) is 6.53. The van der Waals surface area contributed by atoms with E-state index in [0.717, 1.165) is 25.9 Å². The van der Waals surface area contributed by atoms with Crippen LogP contribution in [-0.2, 0) is 4.79 Å². The van der Waals surface area contributed by atoms with Crippen LogP contribution < -0.4 is 5.32 Å². The van der Waals surface area contributed by atoms with E-state index in [1.54, 1.807) is 7.05 Å². The summed E-state index contributed by atoms with van der Waals surface area (Å²) in [6, 6.07) is -0.0263. The second-order valence-corrected chi connectivity index (χ2v) is 5.74. The second-order valence-electron chi connectivity index (χ2n) is 5.74. The van der Waals surface area contributed by atoms with Crippen LogP contribution in [0.1, 0.15) is 39.5 Å². The van der Waals surface area contributed by atoms with Gasteiger partial charge in [0.05, 0.1) is 0 Å². The molecule has 0 bridgehead atoms. The van der Waals surface area contributed by atoms with Crippen LogP contribution in [0.4, 0.5) is 4.79 Å². The Hall–Kier alpha value is -1.26. The fourth-order valence-electron chi connectivity index (χ4n) is 2.16. The van der Waals surface area contributed by atoms with Crippen LogP contribution in [-0.4, -0.2) is 55.0 Å². The lowest BCUT2D eigenvalue weighted by Gasteiger charge is -2.26. The normalized spacial score (nSPS) is 16.1. The molecule has 0 unspecified atom stereocenters. The van der Waals surface area contributed by atoms with E-state index in [9.17, 15) is 9.59 Å². The molecule has 5 nitrogen and oxygen atoms in total. The van der Waals surface area contributed by atoms with Gasteiger partial charge >= 0.3 is 6.03 Å². The first kappa shape index (κ1) is 15.8. The van der Waals surface area contributed by atoms with E-state index in [2.05, 4.69) is 5.32 Å². The van der Waals surface area contributed by atoms with Crippen molar-refractivity contribution in [2.45, 2.75) is 39.5 Å². The maximum atomic E-state index is 12.2. The second kappa shape index (κ2) is 8.02. The third-order valence-corrected chi connectivity index (χ3v) is 3.29. The zero-order valence-corrected chi connectivity index (χ0v) is 12.4. The number of carbonyl (C=O) groups is 2. The zero-order valence-electron chi connectivity index (χ0n) is 12.4. The highest BCUT2D eigenvalue weighted by Gasteiger charge is 2.20. The van der Waals surface area contributed by atoms with Gasteiger partial charge in [-0.2, -0.15) is 0 Å². The number of likely N-dealkylation sites (N-methyl/N-ethyl adjacent to an activating group) is 1. The third kappa shape index (κ3) is 5.94. The van der Waals surface area contributed by atoms with Gasteiger partial charge in [0.1, 0.15) is 6.54 Å². The largest absolute Gasteiger partial charge is 0.354 e. The molecule has 1 saturated heterocycles. The van der Waals surface area contributed by atoms with Gasteiger partial charge in [-0.15, -0.1) is 0 Å². The number of carbonyl (C=O) groups excluding carboxylic acids is 2. The van der Waals surface area contributed by atoms with E-state index >= 15 is 0 Å². The Morgan fingerprint density at radius 3 is 2.26 bits per heavy atom. The Morgan fingerprint density at radius 2 is 1.74 bits per heavy atom. The van der Waals surface area contributed by atoms with Crippen LogP contribution in [0.15, 0.2) is 0 Å². The number of hydrogen-bond acceptors (Lipinski definition) is 2. The van der Waals surface area contributed by atoms with Gasteiger partial charge < -0.3 is 15.1 Å². The van der Waals surface area contributed by atoms with Gasteiger partial charge in [0.2, 0.25) is 5.91 Å². The highest BCUT2D eigenvalue weighted by molar-refractivity contribution is 5.83. The number of hydrogen-bond donors (Lipinski definition) is 1. The van der Waals surface area contributed by atoms with Crippen LogP contribution in [0, 0.1) is 5.92 Å². The number of urea groups is 1. The van der Waals surface area contributed by atoms with Gasteiger partial charge in [0.15, 0.2) is 0 Å². The summed E-state index contributed by atoms with van der Waals surface area (Å²) in [5.41, 5.74) is 0. The molecular weight excluding hydrogens is 242 g/mol. The topological polar surface area (TPSA) is 52.7 Å². The molecule has 1 fully saturated rings. The molecule has 110 valence electrons. The van der Waals surface area contributed by atoms with Crippen molar-refractivity contribution in [2.24, 2.45) is 5.92 Å². The molecule has 1 aliphatic heterocycles. The van der Waals surface area contributed by atoms with Crippen LogP contribution in [0.2, 0.25) is 0 Å². The van der Waals surface area contributed by atoms with Crippen molar-refractivity contribution < 1.29 is 9.59 Å². The molecule has 1 heterocycles. The summed E-state index contributed by atoms with van der Waals surface area (Å²) in [6.07, 6.45) is 4.53. The lowest BCUT2D eigenvalue weighted by Crippen LogP contribution is -2.46. The molecule has 1 rings (SSSR count). The molecule has 3 amide bonds. The minimum atomic E-state index is -0.0839. The number of rotatable bonds is 4. The molecule has 0 aromatic rings. The quantitative estimate of drug-likeness (QED) is 0.844. The molecule has 1 aliphatic rings. The fourth-order valence-corrected chi connectivity index (χ4v) is 2.16. The first-order valence-electron chi connectivity index (χ1n) is 7.27. The Kier molecular flexibility index (Phi) is 6.67. The smallest absolute Gasteiger partial charge is 0.320 e. The molecule has 1 N–H and O–H groups in total. The zero-order chi connectivity index (χ0) is 14.3. The van der Waals surface area contributed by atoms with Gasteiger partial charge in [-0.3, -0.25) is 4.79 Å². The SMILES string of the molecule is CC(C)CNC(=O)CN(C)C(=O)N1CCCCCC1. The predicted octanol–water partition coefficient (Wildman–Crippen LogP) is 1.69. The molecule has 0 aromatic heterocycles. The van der Waals surface area contributed by atoms with E-state index in [-0.39, 0.29) is 18.5 Å². The van der Waals surface area contributed by atoms with Crippen LogP contribution >= 0.6 is 0 Å². The van der Waals surface area contributed by atoms with Gasteiger partial charge in [0, 0.05) is 26.7 Å². The van der Waals surface area contributed by atoms with Crippen LogP contribution in [0.3, 0.4) is 0 Å². The molecule has 0 radical (unpaired) electrons. The molecule has 5 heteroatoms. The van der Waals surface area contributed by atoms with Crippen molar-refractivity contribution in [3.05, 3.63) is 0 Å². The maximum Gasteiger partial charge on any atom is 0.320 e. The predicted molar refractivity (Wildman–Crippen MR) is 75.9 cm³/mol. The fraction of sp³-hybridized carbons (Fsp3) is 0.857. The molecule has 0 spiro atoms. The van der Waals surface area contributed by atoms with Gasteiger partial charge in [-0.25, -0.2) is 4.79 Å². The molecule has 19 heavy (non-hydrogen) atoms. The molecular formula is C14H27N3O2. The molecule has 0 atom stereocenters. The number of likely N-dealkylation sites (tertiary alicyclic amines) is 1. The third-order valence-electron chi connectivity index (χ3n) is 3.29. The Balaban J connectivity index is 2.36. The molecule has 0 aromatic carbocycles. The van der Waals surface area contributed by atoms with Crippen molar-refractivity contribution in [3.63, 3.8) is 0 Å². The lowest BCUT2D eigenvalue weighted by atomic mass is 10.2. The Labute approximate surface area is 116 Å². The first-order valence-corrected chi connectivity index (χ1v) is 7.27. The monoisotopic (exact) mass is 269 g/mol. The minimum Gasteiger partial charge on any atom is -0.354 e. The van der Waals surface area contributed by atoms with Gasteiger partial charge in [-0.05, 0) is 18.8 Å². The van der Waals surface area contributed by atoms with Crippen molar-refractivity contribution in [2.75, 3.05) is 33.2 Å². The van der Waals surface area contributed by atoms with E-state index in [1.807, 2.05) is 18.7 Å². The lowest BCUT2D eigenvalue weighted by molar-refractivity contribution is -0.121.